The van der Waals surface area contributed by atoms with Crippen molar-refractivity contribution >= 4 is 23.5 Å². The highest BCUT2D eigenvalue weighted by atomic mass is 35.5. The monoisotopic (exact) mass is 226 g/mol. The van der Waals surface area contributed by atoms with Crippen LogP contribution in [0.25, 0.3) is 0 Å². The van der Waals surface area contributed by atoms with Crippen LogP contribution in [0, 0.1) is 0 Å². The zero-order valence-electron chi connectivity index (χ0n) is 7.53. The van der Waals surface area contributed by atoms with Gasteiger partial charge in [0.15, 0.2) is 5.76 Å². The number of amides is 1. The van der Waals surface area contributed by atoms with Gasteiger partial charge in [-0.05, 0) is 12.1 Å². The van der Waals surface area contributed by atoms with E-state index in [4.69, 9.17) is 16.0 Å². The highest BCUT2D eigenvalue weighted by Gasteiger charge is 2.11. The Hall–Kier alpha value is -1.82. The van der Waals surface area contributed by atoms with Gasteiger partial charge >= 0.3 is 0 Å². The molecule has 2 N–H and O–H groups in total. The van der Waals surface area contributed by atoms with Crippen LogP contribution in [0.2, 0.25) is 0 Å². The molecule has 0 fully saturated rings. The van der Waals surface area contributed by atoms with E-state index in [1.54, 1.807) is 12.1 Å². The first kappa shape index (κ1) is 9.72. The van der Waals surface area contributed by atoms with Gasteiger partial charge in [-0.1, -0.05) is 0 Å². The Kier molecular flexibility index (Phi) is 2.68. The molecule has 0 aliphatic heterocycles. The highest BCUT2D eigenvalue weighted by molar-refractivity contribution is 6.16. The van der Waals surface area contributed by atoms with Gasteiger partial charge in [0, 0.05) is 0 Å². The van der Waals surface area contributed by atoms with E-state index in [0.717, 1.165) is 0 Å². The second-order valence-corrected chi connectivity index (χ2v) is 2.96. The van der Waals surface area contributed by atoms with Crippen LogP contribution in [-0.4, -0.2) is 21.1 Å². The predicted octanol–water partition coefficient (Wildman–Crippen LogP) is 1.39. The fraction of sp³-hybridized carbons (Fsp3) is 0.125. The van der Waals surface area contributed by atoms with E-state index < -0.39 is 5.91 Å². The Morgan fingerprint density at radius 1 is 1.60 bits per heavy atom. The smallest absolute Gasteiger partial charge is 0.293 e. The molecule has 2 rings (SSSR count). The summed E-state index contributed by atoms with van der Waals surface area (Å²) in [5.41, 5.74) is 0. The van der Waals surface area contributed by atoms with E-state index in [-0.39, 0.29) is 17.6 Å². The van der Waals surface area contributed by atoms with Crippen LogP contribution in [0.1, 0.15) is 16.3 Å². The molecule has 0 aliphatic carbocycles. The third kappa shape index (κ3) is 2.16. The van der Waals surface area contributed by atoms with Crippen molar-refractivity contribution in [3.8, 4) is 0 Å². The van der Waals surface area contributed by atoms with Crippen LogP contribution in [-0.2, 0) is 5.88 Å². The summed E-state index contributed by atoms with van der Waals surface area (Å²) in [6.07, 6.45) is 1.29. The quantitative estimate of drug-likeness (QED) is 0.775. The normalized spacial score (nSPS) is 10.2. The number of nitrogens with one attached hydrogen (secondary N) is 2. The number of hydrogen-bond donors (Lipinski definition) is 2. The van der Waals surface area contributed by atoms with Crippen molar-refractivity contribution in [2.45, 2.75) is 5.88 Å². The standard InChI is InChI=1S/C8H7ClN4O2/c9-3-5-1-2-6(15-5)7(14)12-8-10-4-11-13-8/h1-2,4H,3H2,(H2,10,11,12,13,14). The fourth-order valence-corrected chi connectivity index (χ4v) is 1.15. The number of carbonyl (C=O) groups is 1. The molecule has 2 heterocycles. The lowest BCUT2D eigenvalue weighted by Gasteiger charge is -1.96. The number of H-pyrrole nitrogens is 1. The zero-order chi connectivity index (χ0) is 10.7. The number of aromatic amines is 1. The number of anilines is 1. The highest BCUT2D eigenvalue weighted by Crippen LogP contribution is 2.11. The molecule has 0 bridgehead atoms. The second kappa shape index (κ2) is 4.14. The molecule has 0 unspecified atom stereocenters. The minimum absolute atomic E-state index is 0.182. The van der Waals surface area contributed by atoms with Gasteiger partial charge < -0.3 is 4.42 Å². The van der Waals surface area contributed by atoms with Crippen molar-refractivity contribution < 1.29 is 9.21 Å². The van der Waals surface area contributed by atoms with Crippen LogP contribution < -0.4 is 5.32 Å². The minimum Gasteiger partial charge on any atom is -0.455 e. The van der Waals surface area contributed by atoms with Gasteiger partial charge in [-0.3, -0.25) is 10.1 Å². The number of aromatic nitrogens is 3. The summed E-state index contributed by atoms with van der Waals surface area (Å²) in [5.74, 6) is 0.823. The van der Waals surface area contributed by atoms with Gasteiger partial charge in [0.1, 0.15) is 12.1 Å². The number of hydrogen-bond acceptors (Lipinski definition) is 4. The van der Waals surface area contributed by atoms with Crippen LogP contribution in [0.4, 0.5) is 5.95 Å². The molecule has 2 aromatic heterocycles. The third-order valence-electron chi connectivity index (χ3n) is 1.66. The van der Waals surface area contributed by atoms with Gasteiger partial charge in [0.2, 0.25) is 5.95 Å². The molecule has 1 amide bonds. The van der Waals surface area contributed by atoms with E-state index in [9.17, 15) is 4.79 Å². The fourth-order valence-electron chi connectivity index (χ4n) is 1.01. The Bertz CT molecular complexity index is 451. The molecule has 0 aromatic carbocycles. The van der Waals surface area contributed by atoms with E-state index in [1.165, 1.54) is 6.33 Å². The van der Waals surface area contributed by atoms with Gasteiger partial charge in [0.25, 0.3) is 5.91 Å². The van der Waals surface area contributed by atoms with Gasteiger partial charge in [-0.15, -0.1) is 11.6 Å². The molecule has 7 heteroatoms. The topological polar surface area (TPSA) is 83.8 Å². The Labute approximate surface area is 89.6 Å². The molecular formula is C8H7ClN4O2. The Morgan fingerprint density at radius 2 is 2.47 bits per heavy atom. The number of rotatable bonds is 3. The molecule has 78 valence electrons. The van der Waals surface area contributed by atoms with Crippen molar-refractivity contribution in [2.24, 2.45) is 0 Å². The van der Waals surface area contributed by atoms with Crippen LogP contribution >= 0.6 is 11.6 Å². The predicted molar refractivity (Wildman–Crippen MR) is 52.6 cm³/mol. The van der Waals surface area contributed by atoms with E-state index in [0.29, 0.717) is 5.76 Å². The first-order valence-corrected chi connectivity index (χ1v) is 4.64. The Morgan fingerprint density at radius 3 is 3.07 bits per heavy atom. The Balaban J connectivity index is 2.08. The molecule has 0 spiro atoms. The molecule has 15 heavy (non-hydrogen) atoms. The first-order chi connectivity index (χ1) is 7.29. The number of furan rings is 1. The van der Waals surface area contributed by atoms with Crippen molar-refractivity contribution in [2.75, 3.05) is 5.32 Å². The number of alkyl halides is 1. The van der Waals surface area contributed by atoms with Crippen molar-refractivity contribution in [1.29, 1.82) is 0 Å². The lowest BCUT2D eigenvalue weighted by molar-refractivity contribution is 0.0994. The summed E-state index contributed by atoms with van der Waals surface area (Å²) >= 11 is 5.53. The number of nitrogens with zero attached hydrogens (tertiary/aromatic N) is 2. The lowest BCUT2D eigenvalue weighted by atomic mass is 10.4. The van der Waals surface area contributed by atoms with E-state index >= 15 is 0 Å². The average molecular weight is 227 g/mol. The van der Waals surface area contributed by atoms with Gasteiger partial charge in [-0.2, -0.15) is 10.1 Å². The van der Waals surface area contributed by atoms with Crippen molar-refractivity contribution in [3.05, 3.63) is 30.0 Å². The number of halogens is 1. The molecule has 0 saturated heterocycles. The molecule has 0 saturated carbocycles. The average Bonchev–Trinajstić information content (AvgIpc) is 2.86. The lowest BCUT2D eigenvalue weighted by Crippen LogP contribution is -2.11. The van der Waals surface area contributed by atoms with E-state index in [2.05, 4.69) is 20.5 Å². The largest absolute Gasteiger partial charge is 0.455 e. The summed E-state index contributed by atoms with van der Waals surface area (Å²) in [6, 6.07) is 3.19. The third-order valence-corrected chi connectivity index (χ3v) is 1.93. The number of carbonyl (C=O) groups excluding carboxylic acids is 1. The molecular weight excluding hydrogens is 220 g/mol. The van der Waals surface area contributed by atoms with Gasteiger partial charge in [0.05, 0.1) is 5.88 Å². The molecule has 6 nitrogen and oxygen atoms in total. The maximum Gasteiger partial charge on any atom is 0.293 e. The van der Waals surface area contributed by atoms with Crippen LogP contribution in [0.5, 0.6) is 0 Å². The minimum atomic E-state index is -0.400. The molecule has 0 aliphatic rings. The van der Waals surface area contributed by atoms with E-state index in [1.807, 2.05) is 0 Å². The van der Waals surface area contributed by atoms with Crippen molar-refractivity contribution in [3.63, 3.8) is 0 Å². The van der Waals surface area contributed by atoms with Crippen LogP contribution in [0.3, 0.4) is 0 Å². The SMILES string of the molecule is O=C(Nc1ncn[nH]1)c1ccc(CCl)o1. The second-order valence-electron chi connectivity index (χ2n) is 2.69. The van der Waals surface area contributed by atoms with Crippen molar-refractivity contribution in [1.82, 2.24) is 15.2 Å². The molecule has 0 radical (unpaired) electrons. The zero-order valence-corrected chi connectivity index (χ0v) is 8.28. The molecule has 2 aromatic rings. The maximum atomic E-state index is 11.5. The summed E-state index contributed by atoms with van der Waals surface area (Å²) in [6.45, 7) is 0. The maximum absolute atomic E-state index is 11.5. The first-order valence-electron chi connectivity index (χ1n) is 4.11. The summed E-state index contributed by atoms with van der Waals surface area (Å²) < 4.78 is 5.14. The summed E-state index contributed by atoms with van der Waals surface area (Å²) in [5, 5.41) is 8.56. The summed E-state index contributed by atoms with van der Waals surface area (Å²) in [4.78, 5) is 15.2. The van der Waals surface area contributed by atoms with Crippen LogP contribution in [0.15, 0.2) is 22.9 Å². The molecule has 0 atom stereocenters. The van der Waals surface area contributed by atoms with Gasteiger partial charge in [-0.25, -0.2) is 5.10 Å². The summed E-state index contributed by atoms with van der Waals surface area (Å²) in [7, 11) is 0.